The Kier molecular flexibility index (Phi) is 3.74. The van der Waals surface area contributed by atoms with Crippen LogP contribution in [0.5, 0.6) is 5.75 Å². The molecule has 1 aliphatic rings. The minimum absolute atomic E-state index is 0.00568. The number of rotatable bonds is 3. The number of ether oxygens (including phenoxy) is 1. The van der Waals surface area contributed by atoms with E-state index in [0.29, 0.717) is 24.5 Å². The molecule has 1 aliphatic heterocycles. The molecule has 2 amide bonds. The summed E-state index contributed by atoms with van der Waals surface area (Å²) in [5, 5.41) is 6.11. The molecular weight excluding hydrogens is 290 g/mol. The molecule has 3 rings (SSSR count). The second-order valence-corrected chi connectivity index (χ2v) is 5.91. The highest BCUT2D eigenvalue weighted by Crippen LogP contribution is 2.29. The van der Waals surface area contributed by atoms with Crippen LogP contribution >= 0.6 is 11.3 Å². The number of nitrogens with one attached hydrogen (secondary N) is 2. The van der Waals surface area contributed by atoms with Crippen LogP contribution in [-0.2, 0) is 9.59 Å². The predicted molar refractivity (Wildman–Crippen MR) is 80.5 cm³/mol. The molecule has 1 atom stereocenters. The van der Waals surface area contributed by atoms with Crippen LogP contribution in [0.3, 0.4) is 0 Å². The number of amides is 2. The topological polar surface area (TPSA) is 80.3 Å². The van der Waals surface area contributed by atoms with Crippen molar-refractivity contribution in [3.63, 3.8) is 0 Å². The normalized spacial score (nSPS) is 18.3. The molecule has 7 heteroatoms. The van der Waals surface area contributed by atoms with E-state index >= 15 is 0 Å². The van der Waals surface area contributed by atoms with E-state index in [0.717, 1.165) is 16.0 Å². The molecule has 0 aliphatic carbocycles. The summed E-state index contributed by atoms with van der Waals surface area (Å²) in [5.74, 6) is 0.482. The molecule has 110 valence electrons. The second kappa shape index (κ2) is 5.69. The quantitative estimate of drug-likeness (QED) is 0.905. The van der Waals surface area contributed by atoms with Crippen molar-refractivity contribution in [3.05, 3.63) is 18.2 Å². The van der Waals surface area contributed by atoms with Crippen molar-refractivity contribution >= 4 is 38.5 Å². The van der Waals surface area contributed by atoms with Gasteiger partial charge >= 0.3 is 0 Å². The third-order valence-corrected chi connectivity index (χ3v) is 4.40. The van der Waals surface area contributed by atoms with E-state index in [-0.39, 0.29) is 17.7 Å². The molecule has 0 saturated carbocycles. The van der Waals surface area contributed by atoms with Crippen LogP contribution in [-0.4, -0.2) is 30.5 Å². The monoisotopic (exact) mass is 305 g/mol. The average molecular weight is 305 g/mol. The highest BCUT2D eigenvalue weighted by Gasteiger charge is 2.25. The summed E-state index contributed by atoms with van der Waals surface area (Å²) in [5.41, 5.74) is 0.827. The molecule has 1 fully saturated rings. The molecule has 1 aromatic carbocycles. The van der Waals surface area contributed by atoms with Crippen LogP contribution in [0.15, 0.2) is 18.2 Å². The number of nitrogens with zero attached hydrogens (tertiary/aromatic N) is 1. The van der Waals surface area contributed by atoms with Gasteiger partial charge in [-0.3, -0.25) is 9.59 Å². The van der Waals surface area contributed by atoms with Gasteiger partial charge in [0.2, 0.25) is 11.8 Å². The van der Waals surface area contributed by atoms with Crippen LogP contribution in [0.25, 0.3) is 10.2 Å². The van der Waals surface area contributed by atoms with Gasteiger partial charge in [0.05, 0.1) is 23.2 Å². The Hall–Kier alpha value is -2.15. The van der Waals surface area contributed by atoms with Gasteiger partial charge in [-0.25, -0.2) is 4.98 Å². The number of carbonyl (C=O) groups is 2. The average Bonchev–Trinajstić information content (AvgIpc) is 2.88. The van der Waals surface area contributed by atoms with Crippen LogP contribution in [0.1, 0.15) is 12.8 Å². The van der Waals surface area contributed by atoms with Crippen molar-refractivity contribution < 1.29 is 14.3 Å². The van der Waals surface area contributed by atoms with Crippen LogP contribution in [0.2, 0.25) is 0 Å². The Morgan fingerprint density at radius 1 is 1.52 bits per heavy atom. The van der Waals surface area contributed by atoms with Gasteiger partial charge in [-0.05, 0) is 24.6 Å². The number of carbonyl (C=O) groups excluding carboxylic acids is 2. The Balaban J connectivity index is 1.72. The predicted octanol–water partition coefficient (Wildman–Crippen LogP) is 1.77. The van der Waals surface area contributed by atoms with Crippen LogP contribution in [0.4, 0.5) is 5.13 Å². The van der Waals surface area contributed by atoms with Gasteiger partial charge < -0.3 is 15.4 Å². The fraction of sp³-hybridized carbons (Fsp3) is 0.357. The lowest BCUT2D eigenvalue weighted by atomic mass is 9.98. The summed E-state index contributed by atoms with van der Waals surface area (Å²) in [4.78, 5) is 27.6. The first-order valence-corrected chi connectivity index (χ1v) is 7.49. The van der Waals surface area contributed by atoms with Gasteiger partial charge in [0, 0.05) is 13.0 Å². The highest BCUT2D eigenvalue weighted by molar-refractivity contribution is 7.22. The van der Waals surface area contributed by atoms with Crippen molar-refractivity contribution in [2.45, 2.75) is 12.8 Å². The molecule has 6 nitrogen and oxygen atoms in total. The molecule has 0 radical (unpaired) electrons. The van der Waals surface area contributed by atoms with Crippen molar-refractivity contribution in [2.75, 3.05) is 19.0 Å². The van der Waals surface area contributed by atoms with Crippen LogP contribution < -0.4 is 15.4 Å². The molecule has 2 heterocycles. The molecule has 0 spiro atoms. The summed E-state index contributed by atoms with van der Waals surface area (Å²) < 4.78 is 6.13. The van der Waals surface area contributed by atoms with Crippen molar-refractivity contribution in [1.82, 2.24) is 10.3 Å². The number of aromatic nitrogens is 1. The number of anilines is 1. The zero-order valence-electron chi connectivity index (χ0n) is 11.5. The van der Waals surface area contributed by atoms with Gasteiger partial charge in [-0.2, -0.15) is 0 Å². The SMILES string of the molecule is COc1ccc2nc(NC(=O)C3CCC(=O)NC3)sc2c1. The van der Waals surface area contributed by atoms with Crippen molar-refractivity contribution in [2.24, 2.45) is 5.92 Å². The fourth-order valence-corrected chi connectivity index (χ4v) is 3.15. The van der Waals surface area contributed by atoms with E-state index in [1.54, 1.807) is 7.11 Å². The molecule has 1 aromatic heterocycles. The summed E-state index contributed by atoms with van der Waals surface area (Å²) in [7, 11) is 1.61. The smallest absolute Gasteiger partial charge is 0.231 e. The van der Waals surface area contributed by atoms with Gasteiger partial charge in [0.15, 0.2) is 5.13 Å². The Morgan fingerprint density at radius 2 is 2.38 bits per heavy atom. The number of benzene rings is 1. The van der Waals surface area contributed by atoms with E-state index < -0.39 is 0 Å². The van der Waals surface area contributed by atoms with E-state index in [9.17, 15) is 9.59 Å². The van der Waals surface area contributed by atoms with E-state index in [4.69, 9.17) is 4.74 Å². The standard InChI is InChI=1S/C14H15N3O3S/c1-20-9-3-4-10-11(6-9)21-14(16-10)17-13(19)8-2-5-12(18)15-7-8/h3-4,6,8H,2,5,7H2,1H3,(H,15,18)(H,16,17,19). The maximum atomic E-state index is 12.2. The third-order valence-electron chi connectivity index (χ3n) is 3.46. The maximum absolute atomic E-state index is 12.2. The van der Waals surface area contributed by atoms with Crippen molar-refractivity contribution in [3.8, 4) is 5.75 Å². The van der Waals surface area contributed by atoms with Gasteiger partial charge in [-0.1, -0.05) is 11.3 Å². The number of methoxy groups -OCH3 is 1. The van der Waals surface area contributed by atoms with Gasteiger partial charge in [0.1, 0.15) is 5.75 Å². The molecule has 21 heavy (non-hydrogen) atoms. The number of hydrogen-bond donors (Lipinski definition) is 2. The maximum Gasteiger partial charge on any atom is 0.231 e. The van der Waals surface area contributed by atoms with E-state index in [1.807, 2.05) is 18.2 Å². The molecule has 1 saturated heterocycles. The minimum Gasteiger partial charge on any atom is -0.497 e. The molecule has 1 unspecified atom stereocenters. The number of thiazole rings is 1. The highest BCUT2D eigenvalue weighted by atomic mass is 32.1. The Labute approximate surface area is 125 Å². The zero-order valence-corrected chi connectivity index (χ0v) is 12.3. The first-order valence-electron chi connectivity index (χ1n) is 6.68. The van der Waals surface area contributed by atoms with E-state index in [2.05, 4.69) is 15.6 Å². The largest absolute Gasteiger partial charge is 0.497 e. The first-order chi connectivity index (χ1) is 10.2. The minimum atomic E-state index is -0.191. The van der Waals surface area contributed by atoms with Gasteiger partial charge in [-0.15, -0.1) is 0 Å². The molecule has 2 N–H and O–H groups in total. The number of fused-ring (bicyclic) bond motifs is 1. The Morgan fingerprint density at radius 3 is 3.10 bits per heavy atom. The Bertz CT molecular complexity index is 688. The molecular formula is C14H15N3O3S. The van der Waals surface area contributed by atoms with Gasteiger partial charge in [0.25, 0.3) is 0 Å². The lowest BCUT2D eigenvalue weighted by molar-refractivity contribution is -0.126. The summed E-state index contributed by atoms with van der Waals surface area (Å²) in [6.07, 6.45) is 0.978. The number of hydrogen-bond acceptors (Lipinski definition) is 5. The first kappa shape index (κ1) is 13.8. The lowest BCUT2D eigenvalue weighted by Gasteiger charge is -2.20. The van der Waals surface area contributed by atoms with Crippen molar-refractivity contribution in [1.29, 1.82) is 0 Å². The third kappa shape index (κ3) is 2.97. The van der Waals surface area contributed by atoms with Crippen LogP contribution in [0, 0.1) is 5.92 Å². The molecule has 0 bridgehead atoms. The fourth-order valence-electron chi connectivity index (χ4n) is 2.25. The second-order valence-electron chi connectivity index (χ2n) is 4.88. The summed E-state index contributed by atoms with van der Waals surface area (Å²) in [6.45, 7) is 0.392. The molecule has 2 aromatic rings. The summed E-state index contributed by atoms with van der Waals surface area (Å²) >= 11 is 1.41. The zero-order chi connectivity index (χ0) is 14.8. The van der Waals surface area contributed by atoms with E-state index in [1.165, 1.54) is 11.3 Å². The number of piperidine rings is 1. The lowest BCUT2D eigenvalue weighted by Crippen LogP contribution is -2.40. The summed E-state index contributed by atoms with van der Waals surface area (Å²) in [6, 6.07) is 5.59.